The average Bonchev–Trinajstić information content (AvgIpc) is 2.39. The predicted molar refractivity (Wildman–Crippen MR) is 98.5 cm³/mol. The Morgan fingerprint density at radius 3 is 2.24 bits per heavy atom. The minimum absolute atomic E-state index is 0.0433. The quantitative estimate of drug-likeness (QED) is 0.757. The third-order valence-corrected chi connectivity index (χ3v) is 3.24. The molecule has 0 saturated carbocycles. The first-order valence-corrected chi connectivity index (χ1v) is 8.14. The number of rotatable bonds is 5. The van der Waals surface area contributed by atoms with Crippen LogP contribution in [-0.2, 0) is 9.59 Å². The Morgan fingerprint density at radius 2 is 1.64 bits per heavy atom. The van der Waals surface area contributed by atoms with Crippen LogP contribution in [0.2, 0.25) is 0 Å². The minimum Gasteiger partial charge on any atom is -0.333 e. The molecule has 1 rings (SSSR count). The summed E-state index contributed by atoms with van der Waals surface area (Å²) in [6, 6.07) is 5.27. The van der Waals surface area contributed by atoms with Crippen LogP contribution in [-0.4, -0.2) is 48.4 Å². The second-order valence-corrected chi connectivity index (χ2v) is 7.29. The largest absolute Gasteiger partial charge is 0.333 e. The molecule has 7 heteroatoms. The molecular formula is C18H28N4O3. The minimum atomic E-state index is -0.550. The zero-order valence-electron chi connectivity index (χ0n) is 15.8. The van der Waals surface area contributed by atoms with E-state index < -0.39 is 17.5 Å². The maximum absolute atomic E-state index is 12.1. The highest BCUT2D eigenvalue weighted by Gasteiger charge is 2.17. The van der Waals surface area contributed by atoms with E-state index in [0.29, 0.717) is 0 Å². The molecule has 4 amide bonds. The fraction of sp³-hybridized carbons (Fsp3) is 0.500. The fourth-order valence-electron chi connectivity index (χ4n) is 2.14. The van der Waals surface area contributed by atoms with Gasteiger partial charge in [-0.3, -0.25) is 19.8 Å². The summed E-state index contributed by atoms with van der Waals surface area (Å²) in [5.41, 5.74) is 2.35. The molecule has 0 radical (unpaired) electrons. The third kappa shape index (κ3) is 8.30. The number of anilines is 1. The van der Waals surface area contributed by atoms with Gasteiger partial charge in [0.2, 0.25) is 11.8 Å². The molecule has 1 aromatic carbocycles. The Morgan fingerprint density at radius 1 is 1.04 bits per heavy atom. The highest BCUT2D eigenvalue weighted by atomic mass is 16.2. The molecule has 0 spiro atoms. The highest BCUT2D eigenvalue weighted by Crippen LogP contribution is 2.16. The standard InChI is InChI=1S/C18H28N4O3/c1-12-7-8-13(2)14(9-12)19-15(23)10-22(6)11-16(24)20-17(25)21-18(3,4)5/h7-9H,10-11H2,1-6H3,(H,19,23)(H2,20,21,24,25). The van der Waals surface area contributed by atoms with E-state index in [0.717, 1.165) is 16.8 Å². The number of hydrogen-bond donors (Lipinski definition) is 3. The number of aryl methyl sites for hydroxylation is 2. The van der Waals surface area contributed by atoms with Crippen molar-refractivity contribution in [2.24, 2.45) is 0 Å². The zero-order valence-corrected chi connectivity index (χ0v) is 15.8. The maximum Gasteiger partial charge on any atom is 0.321 e. The number of imide groups is 1. The van der Waals surface area contributed by atoms with E-state index in [2.05, 4.69) is 16.0 Å². The van der Waals surface area contributed by atoms with Crippen molar-refractivity contribution in [2.45, 2.75) is 40.2 Å². The maximum atomic E-state index is 12.1. The Kier molecular flexibility index (Phi) is 7.11. The Bertz CT molecular complexity index is 650. The fourth-order valence-corrected chi connectivity index (χ4v) is 2.14. The Balaban J connectivity index is 2.46. The van der Waals surface area contributed by atoms with Gasteiger partial charge in [0.15, 0.2) is 0 Å². The molecule has 1 aromatic rings. The van der Waals surface area contributed by atoms with Crippen LogP contribution in [0.15, 0.2) is 18.2 Å². The summed E-state index contributed by atoms with van der Waals surface area (Å²) in [5.74, 6) is -0.688. The molecule has 0 saturated heterocycles. The van der Waals surface area contributed by atoms with Crippen LogP contribution in [0.1, 0.15) is 31.9 Å². The van der Waals surface area contributed by atoms with Crippen molar-refractivity contribution >= 4 is 23.5 Å². The van der Waals surface area contributed by atoms with Gasteiger partial charge < -0.3 is 10.6 Å². The van der Waals surface area contributed by atoms with Gasteiger partial charge in [-0.25, -0.2) is 4.79 Å². The number of carbonyl (C=O) groups is 3. The molecular weight excluding hydrogens is 320 g/mol. The molecule has 7 nitrogen and oxygen atoms in total. The van der Waals surface area contributed by atoms with Crippen molar-refractivity contribution in [3.63, 3.8) is 0 Å². The molecule has 0 unspecified atom stereocenters. The summed E-state index contributed by atoms with van der Waals surface area (Å²) in [7, 11) is 1.64. The summed E-state index contributed by atoms with van der Waals surface area (Å²) in [5, 5.41) is 7.72. The molecule has 0 aliphatic heterocycles. The van der Waals surface area contributed by atoms with Crippen LogP contribution < -0.4 is 16.0 Å². The highest BCUT2D eigenvalue weighted by molar-refractivity contribution is 5.96. The smallest absolute Gasteiger partial charge is 0.321 e. The van der Waals surface area contributed by atoms with Gasteiger partial charge in [0.05, 0.1) is 13.1 Å². The van der Waals surface area contributed by atoms with E-state index in [1.807, 2.05) is 52.8 Å². The van der Waals surface area contributed by atoms with Crippen LogP contribution in [0.4, 0.5) is 10.5 Å². The predicted octanol–water partition coefficient (Wildman–Crippen LogP) is 1.80. The van der Waals surface area contributed by atoms with E-state index in [1.165, 1.54) is 0 Å². The summed E-state index contributed by atoms with van der Waals surface area (Å²) < 4.78 is 0. The number of nitrogens with zero attached hydrogens (tertiary/aromatic N) is 1. The second kappa shape index (κ2) is 8.62. The lowest BCUT2D eigenvalue weighted by molar-refractivity contribution is -0.122. The van der Waals surface area contributed by atoms with Gasteiger partial charge >= 0.3 is 6.03 Å². The number of urea groups is 1. The van der Waals surface area contributed by atoms with Crippen LogP contribution >= 0.6 is 0 Å². The van der Waals surface area contributed by atoms with E-state index in [-0.39, 0.29) is 19.0 Å². The monoisotopic (exact) mass is 348 g/mol. The summed E-state index contributed by atoms with van der Waals surface area (Å²) >= 11 is 0. The lowest BCUT2D eigenvalue weighted by Gasteiger charge is -2.21. The van der Waals surface area contributed by atoms with Gasteiger partial charge in [0, 0.05) is 11.2 Å². The normalized spacial score (nSPS) is 11.2. The summed E-state index contributed by atoms with van der Waals surface area (Å²) in [4.78, 5) is 37.1. The van der Waals surface area contributed by atoms with E-state index in [4.69, 9.17) is 0 Å². The molecule has 0 aromatic heterocycles. The molecule has 25 heavy (non-hydrogen) atoms. The van der Waals surface area contributed by atoms with Crippen molar-refractivity contribution < 1.29 is 14.4 Å². The van der Waals surface area contributed by atoms with Gasteiger partial charge in [-0.1, -0.05) is 12.1 Å². The van der Waals surface area contributed by atoms with Gasteiger partial charge in [-0.05, 0) is 58.9 Å². The zero-order chi connectivity index (χ0) is 19.2. The number of likely N-dealkylation sites (N-methyl/N-ethyl adjacent to an activating group) is 1. The summed E-state index contributed by atoms with van der Waals surface area (Å²) in [6.07, 6.45) is 0. The van der Waals surface area contributed by atoms with Gasteiger partial charge in [-0.15, -0.1) is 0 Å². The molecule has 0 fully saturated rings. The lowest BCUT2D eigenvalue weighted by atomic mass is 10.1. The van der Waals surface area contributed by atoms with Crippen molar-refractivity contribution in [2.75, 3.05) is 25.5 Å². The molecule has 0 aliphatic rings. The van der Waals surface area contributed by atoms with Gasteiger partial charge in [-0.2, -0.15) is 0 Å². The molecule has 3 N–H and O–H groups in total. The lowest BCUT2D eigenvalue weighted by Crippen LogP contribution is -2.50. The number of nitrogens with one attached hydrogen (secondary N) is 3. The molecule has 0 bridgehead atoms. The first kappa shape index (κ1) is 20.6. The first-order valence-electron chi connectivity index (χ1n) is 8.14. The average molecular weight is 348 g/mol. The van der Waals surface area contributed by atoms with E-state index in [1.54, 1.807) is 11.9 Å². The first-order chi connectivity index (χ1) is 11.5. The molecule has 0 atom stereocenters. The van der Waals surface area contributed by atoms with Crippen LogP contribution in [0.5, 0.6) is 0 Å². The Labute approximate surface area is 149 Å². The summed E-state index contributed by atoms with van der Waals surface area (Å²) in [6.45, 7) is 9.32. The molecule has 0 aliphatic carbocycles. The number of amides is 4. The number of carbonyl (C=O) groups excluding carboxylic acids is 3. The van der Waals surface area contributed by atoms with E-state index in [9.17, 15) is 14.4 Å². The SMILES string of the molecule is Cc1ccc(C)c(NC(=O)CN(C)CC(=O)NC(=O)NC(C)(C)C)c1. The van der Waals surface area contributed by atoms with Gasteiger partial charge in [0.1, 0.15) is 0 Å². The number of hydrogen-bond acceptors (Lipinski definition) is 4. The molecule has 0 heterocycles. The topological polar surface area (TPSA) is 90.5 Å². The van der Waals surface area contributed by atoms with E-state index >= 15 is 0 Å². The third-order valence-electron chi connectivity index (χ3n) is 3.24. The van der Waals surface area contributed by atoms with Gasteiger partial charge in [0.25, 0.3) is 0 Å². The number of benzene rings is 1. The molecule has 138 valence electrons. The van der Waals surface area contributed by atoms with Crippen LogP contribution in [0, 0.1) is 13.8 Å². The van der Waals surface area contributed by atoms with Crippen molar-refractivity contribution in [1.82, 2.24) is 15.5 Å². The Hall–Kier alpha value is -2.41. The second-order valence-electron chi connectivity index (χ2n) is 7.29. The van der Waals surface area contributed by atoms with Crippen LogP contribution in [0.3, 0.4) is 0 Å². The van der Waals surface area contributed by atoms with Crippen molar-refractivity contribution in [3.05, 3.63) is 29.3 Å². The van der Waals surface area contributed by atoms with Crippen molar-refractivity contribution in [3.8, 4) is 0 Å². The van der Waals surface area contributed by atoms with Crippen molar-refractivity contribution in [1.29, 1.82) is 0 Å². The van der Waals surface area contributed by atoms with Crippen LogP contribution in [0.25, 0.3) is 0 Å².